The normalized spacial score (nSPS) is 13.5. The maximum absolute atomic E-state index is 13.8. The van der Waals surface area contributed by atoms with Crippen molar-refractivity contribution < 1.29 is 18.8 Å². The smallest absolute Gasteiger partial charge is 0.251 e. The number of anilines is 2. The Labute approximate surface area is 300 Å². The number of benzene rings is 3. The standard InChI is InChI=1S/C40H51N5O4S/c1-6-8-20-48-21-22-49-36-13-9-31(10-14-36)32-11-15-37-34(24-32)25-33(17-19-44(37)26-29(3)4)40(46)42-35-12-16-38(30(5)23-35)50(47)27-39-43-41-28-45(39)18-7-2/h9-16,23-25,28-29H,6-8,17-22,26-27H2,1-5H3,(H,42,46). The van der Waals surface area contributed by atoms with Crippen LogP contribution >= 0.6 is 0 Å². The molecule has 1 N–H and O–H groups in total. The number of fused-ring (bicyclic) bond motifs is 1. The summed E-state index contributed by atoms with van der Waals surface area (Å²) in [4.78, 5) is 16.9. The molecule has 1 aromatic heterocycles. The Morgan fingerprint density at radius 2 is 1.80 bits per heavy atom. The summed E-state index contributed by atoms with van der Waals surface area (Å²) in [5.41, 5.74) is 6.56. The van der Waals surface area contributed by atoms with Crippen LogP contribution in [0.1, 0.15) is 70.3 Å². The number of unbranched alkanes of at least 4 members (excludes halogenated alkanes) is 1. The van der Waals surface area contributed by atoms with E-state index in [-0.39, 0.29) is 5.91 Å². The van der Waals surface area contributed by atoms with Crippen molar-refractivity contribution in [2.24, 2.45) is 5.92 Å². The molecule has 0 spiro atoms. The molecule has 3 aromatic carbocycles. The van der Waals surface area contributed by atoms with E-state index in [1.54, 1.807) is 6.33 Å². The van der Waals surface area contributed by atoms with E-state index in [1.165, 1.54) is 0 Å². The molecule has 1 amide bonds. The van der Waals surface area contributed by atoms with Gasteiger partial charge in [0.25, 0.3) is 5.91 Å². The van der Waals surface area contributed by atoms with Crippen LogP contribution in [0, 0.1) is 12.8 Å². The SMILES string of the molecule is CCCCOCCOc1ccc(-c2ccc3c(c2)C=C(C(=O)Nc2ccc([S+]([O-])Cc4nncn4CCC)c(C)c2)CCN3CC(C)C)cc1. The minimum absolute atomic E-state index is 0.131. The van der Waals surface area contributed by atoms with E-state index in [4.69, 9.17) is 9.47 Å². The highest BCUT2D eigenvalue weighted by Gasteiger charge is 2.23. The summed E-state index contributed by atoms with van der Waals surface area (Å²) in [7, 11) is 0. The molecule has 1 aliphatic rings. The van der Waals surface area contributed by atoms with Crippen molar-refractivity contribution in [3.05, 3.63) is 89.5 Å². The van der Waals surface area contributed by atoms with Gasteiger partial charge in [0.2, 0.25) is 0 Å². The van der Waals surface area contributed by atoms with Gasteiger partial charge in [-0.2, -0.15) is 0 Å². The molecule has 266 valence electrons. The lowest BCUT2D eigenvalue weighted by Gasteiger charge is -2.27. The second-order valence-electron chi connectivity index (χ2n) is 13.2. The van der Waals surface area contributed by atoms with Crippen molar-refractivity contribution in [1.82, 2.24) is 14.8 Å². The molecule has 0 saturated carbocycles. The minimum Gasteiger partial charge on any atom is -0.611 e. The number of carbonyl (C=O) groups is 1. The third-order valence-corrected chi connectivity index (χ3v) is 10.1. The molecule has 0 fully saturated rings. The quantitative estimate of drug-likeness (QED) is 0.0880. The summed E-state index contributed by atoms with van der Waals surface area (Å²) in [6.07, 6.45) is 7.48. The Bertz CT molecular complexity index is 1740. The van der Waals surface area contributed by atoms with E-state index in [0.29, 0.717) is 42.8 Å². The molecule has 2 heterocycles. The topological polar surface area (TPSA) is 105 Å². The first-order valence-corrected chi connectivity index (χ1v) is 19.1. The van der Waals surface area contributed by atoms with E-state index in [1.807, 2.05) is 47.9 Å². The Morgan fingerprint density at radius 3 is 2.54 bits per heavy atom. The summed E-state index contributed by atoms with van der Waals surface area (Å²) in [5.74, 6) is 2.16. The van der Waals surface area contributed by atoms with Crippen LogP contribution in [0.2, 0.25) is 0 Å². The first kappa shape index (κ1) is 37.1. The van der Waals surface area contributed by atoms with E-state index in [0.717, 1.165) is 89.7 Å². The number of carbonyl (C=O) groups excluding carboxylic acids is 1. The van der Waals surface area contributed by atoms with Gasteiger partial charge < -0.3 is 28.8 Å². The number of hydrogen-bond acceptors (Lipinski definition) is 7. The molecule has 1 aliphatic heterocycles. The van der Waals surface area contributed by atoms with Gasteiger partial charge in [-0.15, -0.1) is 10.2 Å². The summed E-state index contributed by atoms with van der Waals surface area (Å²) < 4.78 is 26.7. The summed E-state index contributed by atoms with van der Waals surface area (Å²) >= 11 is -1.29. The summed E-state index contributed by atoms with van der Waals surface area (Å²) in [5, 5.41) is 11.3. The van der Waals surface area contributed by atoms with Crippen molar-refractivity contribution in [1.29, 1.82) is 0 Å². The number of amides is 1. The molecule has 9 nitrogen and oxygen atoms in total. The third-order valence-electron chi connectivity index (χ3n) is 8.65. The maximum Gasteiger partial charge on any atom is 0.251 e. The van der Waals surface area contributed by atoms with Gasteiger partial charge in [-0.1, -0.05) is 52.3 Å². The monoisotopic (exact) mass is 697 g/mol. The highest BCUT2D eigenvalue weighted by atomic mass is 32.2. The zero-order valence-electron chi connectivity index (χ0n) is 30.1. The molecule has 4 aromatic rings. The lowest BCUT2D eigenvalue weighted by atomic mass is 10.00. The van der Waals surface area contributed by atoms with Crippen molar-refractivity contribution >= 4 is 34.5 Å². The van der Waals surface area contributed by atoms with Crippen LogP contribution in [0.5, 0.6) is 5.75 Å². The predicted molar refractivity (Wildman–Crippen MR) is 203 cm³/mol. The van der Waals surface area contributed by atoms with E-state index in [9.17, 15) is 9.35 Å². The Morgan fingerprint density at radius 1 is 1.00 bits per heavy atom. The first-order valence-electron chi connectivity index (χ1n) is 17.8. The average molecular weight is 698 g/mol. The van der Waals surface area contributed by atoms with Gasteiger partial charge >= 0.3 is 0 Å². The van der Waals surface area contributed by atoms with E-state index >= 15 is 0 Å². The van der Waals surface area contributed by atoms with Crippen LogP contribution in [0.25, 0.3) is 17.2 Å². The molecular weight excluding hydrogens is 647 g/mol. The predicted octanol–water partition coefficient (Wildman–Crippen LogP) is 8.06. The zero-order valence-corrected chi connectivity index (χ0v) is 30.9. The van der Waals surface area contributed by atoms with Crippen LogP contribution < -0.4 is 15.0 Å². The molecule has 10 heteroatoms. The van der Waals surface area contributed by atoms with E-state index < -0.39 is 11.2 Å². The fourth-order valence-corrected chi connectivity index (χ4v) is 7.35. The van der Waals surface area contributed by atoms with Crippen LogP contribution in [0.3, 0.4) is 0 Å². The largest absolute Gasteiger partial charge is 0.611 e. The first-order chi connectivity index (χ1) is 24.2. The Kier molecular flexibility index (Phi) is 13.5. The fourth-order valence-electron chi connectivity index (χ4n) is 6.10. The second-order valence-corrected chi connectivity index (χ2v) is 14.7. The third kappa shape index (κ3) is 9.99. The lowest BCUT2D eigenvalue weighted by Crippen LogP contribution is -2.29. The zero-order chi connectivity index (χ0) is 35.5. The van der Waals surface area contributed by atoms with Crippen molar-refractivity contribution in [3.8, 4) is 16.9 Å². The van der Waals surface area contributed by atoms with Gasteiger partial charge in [-0.05, 0) is 109 Å². The molecule has 1 atom stereocenters. The second kappa shape index (κ2) is 18.2. The maximum atomic E-state index is 13.8. The van der Waals surface area contributed by atoms with Crippen molar-refractivity contribution in [2.75, 3.05) is 43.1 Å². The van der Waals surface area contributed by atoms with Crippen LogP contribution in [-0.2, 0) is 33.0 Å². The molecule has 0 bridgehead atoms. The van der Waals surface area contributed by atoms with Crippen LogP contribution in [-0.4, -0.2) is 58.1 Å². The molecular formula is C40H51N5O4S. The van der Waals surface area contributed by atoms with Crippen LogP contribution in [0.4, 0.5) is 11.4 Å². The van der Waals surface area contributed by atoms with Gasteiger partial charge in [0.05, 0.1) is 6.61 Å². The highest BCUT2D eigenvalue weighted by molar-refractivity contribution is 7.90. The summed E-state index contributed by atoms with van der Waals surface area (Å²) in [6, 6.07) is 20.2. The number of nitrogens with one attached hydrogen (secondary N) is 1. The Hall–Kier alpha value is -4.12. The number of rotatable bonds is 17. The fraction of sp³-hybridized carbons (Fsp3) is 0.425. The molecule has 1 unspecified atom stereocenters. The molecule has 0 radical (unpaired) electrons. The minimum atomic E-state index is -1.29. The van der Waals surface area contributed by atoms with E-state index in [2.05, 4.69) is 78.4 Å². The average Bonchev–Trinajstić information content (AvgIpc) is 3.45. The molecule has 0 aliphatic carbocycles. The Balaban J connectivity index is 1.30. The van der Waals surface area contributed by atoms with Crippen molar-refractivity contribution in [2.45, 2.75) is 77.5 Å². The number of ether oxygens (including phenoxy) is 2. The van der Waals surface area contributed by atoms with Crippen LogP contribution in [0.15, 0.2) is 77.5 Å². The number of hydrogen-bond donors (Lipinski definition) is 1. The van der Waals surface area contributed by atoms with Crippen molar-refractivity contribution in [3.63, 3.8) is 0 Å². The molecule has 5 rings (SSSR count). The highest BCUT2D eigenvalue weighted by Crippen LogP contribution is 2.34. The van der Waals surface area contributed by atoms with Gasteiger partial charge in [0.1, 0.15) is 18.7 Å². The number of aromatic nitrogens is 3. The molecule has 50 heavy (non-hydrogen) atoms. The lowest BCUT2D eigenvalue weighted by molar-refractivity contribution is -0.112. The van der Waals surface area contributed by atoms with Gasteiger partial charge in [0.15, 0.2) is 16.5 Å². The molecule has 0 saturated heterocycles. The van der Waals surface area contributed by atoms with Gasteiger partial charge in [0, 0.05) is 48.8 Å². The number of aryl methyl sites for hydroxylation is 2. The van der Waals surface area contributed by atoms with Gasteiger partial charge in [-0.25, -0.2) is 0 Å². The summed E-state index contributed by atoms with van der Waals surface area (Å²) in [6.45, 7) is 14.9. The van der Waals surface area contributed by atoms with Gasteiger partial charge in [-0.3, -0.25) is 4.79 Å². The number of nitrogens with zero attached hydrogens (tertiary/aromatic N) is 4.